The van der Waals surface area contributed by atoms with Crippen LogP contribution in [-0.2, 0) is 14.0 Å². The second-order valence-corrected chi connectivity index (χ2v) is 12.7. The molecule has 1 fully saturated rings. The van der Waals surface area contributed by atoms with Crippen LogP contribution in [0.1, 0.15) is 40.5 Å². The summed E-state index contributed by atoms with van der Waals surface area (Å²) in [5.41, 5.74) is 0. The molecule has 4 N–H and O–H groups in total. The predicted octanol–water partition coefficient (Wildman–Crippen LogP) is 0.732. The summed E-state index contributed by atoms with van der Waals surface area (Å²) in [7, 11) is -2.28. The monoisotopic (exact) mass is 363 g/mol. The molecule has 0 radical (unpaired) electrons. The van der Waals surface area contributed by atoms with Crippen molar-refractivity contribution in [2.24, 2.45) is 0 Å². The molecule has 5 atom stereocenters. The van der Waals surface area contributed by atoms with E-state index in [1.165, 1.54) is 0 Å². The van der Waals surface area contributed by atoms with Crippen LogP contribution in [0.3, 0.4) is 0 Å². The number of amides is 1. The molecule has 1 saturated heterocycles. The van der Waals surface area contributed by atoms with E-state index in [0.717, 1.165) is 0 Å². The number of carbonyl (C=O) groups is 1. The minimum atomic E-state index is -2.28. The third kappa shape index (κ3) is 5.00. The summed E-state index contributed by atoms with van der Waals surface area (Å²) in [6.07, 6.45) is -3.29. The first-order chi connectivity index (χ1) is 10.9. The van der Waals surface area contributed by atoms with Crippen molar-refractivity contribution < 1.29 is 29.3 Å². The predicted molar refractivity (Wildman–Crippen MR) is 92.9 cm³/mol. The Kier molecular flexibility index (Phi) is 7.40. The Balaban J connectivity index is 3.05. The maximum atomic E-state index is 12.0. The van der Waals surface area contributed by atoms with Gasteiger partial charge in [-0.15, -0.1) is 0 Å². The van der Waals surface area contributed by atoms with Gasteiger partial charge in [-0.1, -0.05) is 27.7 Å². The van der Waals surface area contributed by atoms with Crippen LogP contribution in [0.5, 0.6) is 0 Å². The third-order valence-electron chi connectivity index (χ3n) is 4.91. The molecule has 1 amide bonds. The van der Waals surface area contributed by atoms with E-state index in [1.54, 1.807) is 0 Å². The average Bonchev–Trinajstić information content (AvgIpc) is 2.45. The lowest BCUT2D eigenvalue weighted by molar-refractivity contribution is -0.251. The van der Waals surface area contributed by atoms with Crippen LogP contribution in [0, 0.1) is 0 Å². The second kappa shape index (κ2) is 8.24. The highest BCUT2D eigenvalue weighted by Gasteiger charge is 2.50. The molecule has 142 valence electrons. The van der Waals surface area contributed by atoms with E-state index in [0.29, 0.717) is 12.8 Å². The molecule has 1 heterocycles. The number of nitrogens with one attached hydrogen (secondary N) is 1. The normalized spacial score (nSPS) is 31.8. The lowest BCUT2D eigenvalue weighted by atomic mass is 9.97. The zero-order chi connectivity index (χ0) is 18.7. The molecule has 0 spiro atoms. The summed E-state index contributed by atoms with van der Waals surface area (Å²) in [6, 6.07) is -0.879. The van der Waals surface area contributed by atoms with Crippen molar-refractivity contribution in [3.63, 3.8) is 0 Å². The van der Waals surface area contributed by atoms with Gasteiger partial charge in [0.25, 0.3) is 0 Å². The Morgan fingerprint density at radius 2 is 1.88 bits per heavy atom. The fourth-order valence-corrected chi connectivity index (χ4v) is 3.70. The molecular weight excluding hydrogens is 330 g/mol. The summed E-state index contributed by atoms with van der Waals surface area (Å²) in [5.74, 6) is -0.233. The van der Waals surface area contributed by atoms with Gasteiger partial charge in [-0.2, -0.15) is 0 Å². The molecule has 0 bridgehead atoms. The highest BCUT2D eigenvalue weighted by atomic mass is 28.4. The fourth-order valence-electron chi connectivity index (χ4n) is 2.38. The highest BCUT2D eigenvalue weighted by Crippen LogP contribution is 2.39. The molecule has 0 aromatic carbocycles. The van der Waals surface area contributed by atoms with Crippen LogP contribution >= 0.6 is 0 Å². The zero-order valence-corrected chi connectivity index (χ0v) is 16.6. The Labute approximate surface area is 145 Å². The van der Waals surface area contributed by atoms with E-state index in [2.05, 4.69) is 26.1 Å². The quantitative estimate of drug-likeness (QED) is 0.518. The van der Waals surface area contributed by atoms with Gasteiger partial charge in [0, 0.05) is 6.42 Å². The van der Waals surface area contributed by atoms with Gasteiger partial charge in [-0.25, -0.2) is 0 Å². The van der Waals surface area contributed by atoms with Crippen LogP contribution in [0.15, 0.2) is 0 Å². The number of rotatable bonds is 6. The molecule has 0 saturated carbocycles. The van der Waals surface area contributed by atoms with Gasteiger partial charge in [0.2, 0.25) is 5.91 Å². The van der Waals surface area contributed by atoms with Gasteiger partial charge >= 0.3 is 0 Å². The Hall–Kier alpha value is -0.513. The molecule has 0 aromatic rings. The zero-order valence-electron chi connectivity index (χ0n) is 15.6. The molecule has 1 unspecified atom stereocenters. The fraction of sp³-hybridized carbons (Fsp3) is 0.938. The number of carbonyl (C=O) groups excluding carboxylic acids is 1. The number of aliphatic hydroxyl groups excluding tert-OH is 3. The van der Waals surface area contributed by atoms with Crippen molar-refractivity contribution >= 4 is 14.2 Å². The topological polar surface area (TPSA) is 108 Å². The first kappa shape index (κ1) is 21.5. The summed E-state index contributed by atoms with van der Waals surface area (Å²) >= 11 is 0. The first-order valence-electron chi connectivity index (χ1n) is 8.54. The van der Waals surface area contributed by atoms with Gasteiger partial charge in [0.15, 0.2) is 14.6 Å². The van der Waals surface area contributed by atoms with Gasteiger partial charge < -0.3 is 29.8 Å². The number of hydrogen-bond acceptors (Lipinski definition) is 6. The molecule has 0 aliphatic carbocycles. The van der Waals surface area contributed by atoms with E-state index < -0.39 is 45.6 Å². The number of aliphatic hydroxyl groups is 3. The largest absolute Gasteiger partial charge is 0.409 e. The van der Waals surface area contributed by atoms with Crippen LogP contribution in [-0.4, -0.2) is 66.8 Å². The molecule has 1 aliphatic heterocycles. The van der Waals surface area contributed by atoms with E-state index in [-0.39, 0.29) is 10.9 Å². The van der Waals surface area contributed by atoms with Crippen LogP contribution < -0.4 is 5.32 Å². The van der Waals surface area contributed by atoms with Gasteiger partial charge in [0.1, 0.15) is 18.2 Å². The molecule has 7 nitrogen and oxygen atoms in total. The summed E-state index contributed by atoms with van der Waals surface area (Å²) in [4.78, 5) is 12.0. The maximum Gasteiger partial charge on any atom is 0.220 e. The highest BCUT2D eigenvalue weighted by molar-refractivity contribution is 6.74. The molecule has 0 aromatic heterocycles. The molecule has 8 heteroatoms. The van der Waals surface area contributed by atoms with E-state index >= 15 is 0 Å². The molecule has 24 heavy (non-hydrogen) atoms. The smallest absolute Gasteiger partial charge is 0.220 e. The van der Waals surface area contributed by atoms with E-state index in [1.807, 2.05) is 20.0 Å². The van der Waals surface area contributed by atoms with Crippen LogP contribution in [0.25, 0.3) is 0 Å². The Morgan fingerprint density at radius 3 is 2.33 bits per heavy atom. The van der Waals surface area contributed by atoms with Crippen molar-refractivity contribution in [3.05, 3.63) is 0 Å². The Morgan fingerprint density at radius 1 is 1.29 bits per heavy atom. The lowest BCUT2D eigenvalue weighted by Crippen LogP contribution is -2.67. The number of ether oxygens (including phenoxy) is 1. The van der Waals surface area contributed by atoms with Crippen molar-refractivity contribution in [1.29, 1.82) is 0 Å². The van der Waals surface area contributed by atoms with Crippen molar-refractivity contribution in [2.45, 2.75) is 89.3 Å². The van der Waals surface area contributed by atoms with Crippen molar-refractivity contribution in [3.8, 4) is 0 Å². The Bertz CT molecular complexity index is 425. The van der Waals surface area contributed by atoms with E-state index in [4.69, 9.17) is 9.16 Å². The SMILES string of the molecule is CCCC(=O)N[C@H]1C(O)O[C@H](CO)[C@@H](O)[C@@H]1O[Si](C)(C)C(C)(C)C. The summed E-state index contributed by atoms with van der Waals surface area (Å²) in [6.45, 7) is 11.7. The van der Waals surface area contributed by atoms with Crippen LogP contribution in [0.4, 0.5) is 0 Å². The third-order valence-corrected chi connectivity index (χ3v) is 9.39. The average molecular weight is 364 g/mol. The minimum absolute atomic E-state index is 0.108. The maximum absolute atomic E-state index is 12.0. The summed E-state index contributed by atoms with van der Waals surface area (Å²) < 4.78 is 11.5. The number of hydrogen-bond donors (Lipinski definition) is 4. The molecule has 1 aliphatic rings. The van der Waals surface area contributed by atoms with Gasteiger partial charge in [-0.05, 0) is 24.6 Å². The molecular formula is C16H33NO6Si. The van der Waals surface area contributed by atoms with Crippen molar-refractivity contribution in [2.75, 3.05) is 6.61 Å². The standard InChI is InChI=1S/C16H33NO6Si/c1-7-8-11(19)17-12-14(23-24(5,6)16(2,3)4)13(20)10(9-18)22-15(12)21/h10,12-15,18,20-21H,7-9H2,1-6H3,(H,17,19)/t10-,12-,13-,14-,15?/m1/s1. The van der Waals surface area contributed by atoms with E-state index in [9.17, 15) is 20.1 Å². The van der Waals surface area contributed by atoms with Gasteiger partial charge in [0.05, 0.1) is 12.7 Å². The van der Waals surface area contributed by atoms with Crippen molar-refractivity contribution in [1.82, 2.24) is 5.32 Å². The van der Waals surface area contributed by atoms with Crippen LogP contribution in [0.2, 0.25) is 18.1 Å². The molecule has 1 rings (SSSR count). The second-order valence-electron chi connectivity index (χ2n) is 7.92. The lowest BCUT2D eigenvalue weighted by Gasteiger charge is -2.48. The summed E-state index contributed by atoms with van der Waals surface area (Å²) in [5, 5.41) is 32.8. The first-order valence-corrected chi connectivity index (χ1v) is 11.4. The van der Waals surface area contributed by atoms with Gasteiger partial charge in [-0.3, -0.25) is 4.79 Å². The minimum Gasteiger partial charge on any atom is -0.409 e.